The summed E-state index contributed by atoms with van der Waals surface area (Å²) in [5.41, 5.74) is 7.87. The Labute approximate surface area is 222 Å². The van der Waals surface area contributed by atoms with E-state index in [1.807, 2.05) is 6.92 Å². The second-order valence-corrected chi connectivity index (χ2v) is 20.4. The summed E-state index contributed by atoms with van der Waals surface area (Å²) in [6.07, 6.45) is -0.854. The second kappa shape index (κ2) is 10.6. The van der Waals surface area contributed by atoms with Gasteiger partial charge in [0.2, 0.25) is 11.8 Å². The number of ether oxygens (including phenoxy) is 2. The number of fused-ring (bicyclic) bond motifs is 2. The predicted molar refractivity (Wildman–Crippen MR) is 147 cm³/mol. The van der Waals surface area contributed by atoms with Crippen molar-refractivity contribution in [2.45, 2.75) is 115 Å². The third-order valence-electron chi connectivity index (χ3n) is 7.91. The Morgan fingerprint density at radius 3 is 2.19 bits per heavy atom. The fourth-order valence-corrected chi connectivity index (χ4v) is 17.2. The van der Waals surface area contributed by atoms with Gasteiger partial charge in [-0.25, -0.2) is 4.98 Å². The zero-order valence-corrected chi connectivity index (χ0v) is 25.6. The first-order valence-corrected chi connectivity index (χ1v) is 17.5. The number of nitrogens with two attached hydrogens (primary N) is 1. The summed E-state index contributed by atoms with van der Waals surface area (Å²) in [5, 5.41) is 11.7. The normalized spacial score (nSPS) is 30.6. The number of aliphatic imine (C=N–C) groups is 1. The van der Waals surface area contributed by atoms with Crippen LogP contribution in [-0.2, 0) is 17.7 Å². The molecule has 0 amide bonds. The highest BCUT2D eigenvalue weighted by molar-refractivity contribution is 6.84. The van der Waals surface area contributed by atoms with Crippen LogP contribution in [0.5, 0.6) is 5.88 Å². The Bertz CT molecular complexity index is 992. The molecule has 37 heavy (non-hydrogen) atoms. The van der Waals surface area contributed by atoms with E-state index in [9.17, 15) is 5.11 Å². The molecular weight excluding hydrogens is 508 g/mol. The smallest absolute Gasteiger partial charge is 0.335 e. The van der Waals surface area contributed by atoms with Crippen molar-refractivity contribution in [3.8, 4) is 5.88 Å². The number of hydrogen-bond donors (Lipinski definition) is 2. The summed E-state index contributed by atoms with van der Waals surface area (Å²) >= 11 is 0. The van der Waals surface area contributed by atoms with Crippen LogP contribution in [0.15, 0.2) is 4.99 Å². The summed E-state index contributed by atoms with van der Waals surface area (Å²) in [7, 11) is -5.58. The van der Waals surface area contributed by atoms with Gasteiger partial charge < -0.3 is 33.3 Å². The fraction of sp³-hybridized carbons (Fsp3) is 0.800. The van der Waals surface area contributed by atoms with E-state index in [2.05, 4.69) is 70.4 Å². The standard InChI is InChI=1S/C25H44N4O6Si2/c1-10-31-24-20-19(28-25(26)29-24)17(11-27-20)22-21(30)23-18(33-22)12-32-36(13(2)3,14(4)5)35-37(34-23,15(6)7)16(8)9/h11,13-18,21-23,30H,10,12H2,1-9H3,(H2,26,28,29)/t17?,18-,21+,22+,23-/m1/s1. The van der Waals surface area contributed by atoms with Gasteiger partial charge in [-0.15, -0.1) is 0 Å². The van der Waals surface area contributed by atoms with Gasteiger partial charge in [-0.1, -0.05) is 55.4 Å². The number of nitrogens with zero attached hydrogens (tertiary/aromatic N) is 3. The predicted octanol–water partition coefficient (Wildman–Crippen LogP) is 4.34. The zero-order valence-electron chi connectivity index (χ0n) is 23.6. The lowest BCUT2D eigenvalue weighted by Crippen LogP contribution is -2.65. The van der Waals surface area contributed by atoms with Gasteiger partial charge in [0.25, 0.3) is 0 Å². The minimum absolute atomic E-state index is 0.0971. The van der Waals surface area contributed by atoms with Crippen LogP contribution in [0.25, 0.3) is 0 Å². The van der Waals surface area contributed by atoms with Gasteiger partial charge in [0.15, 0.2) is 0 Å². The van der Waals surface area contributed by atoms with Crippen molar-refractivity contribution in [1.29, 1.82) is 0 Å². The summed E-state index contributed by atoms with van der Waals surface area (Å²) < 4.78 is 33.3. The molecule has 10 nitrogen and oxygen atoms in total. The number of aliphatic hydroxyl groups excluding tert-OH is 1. The molecule has 3 aliphatic heterocycles. The second-order valence-electron chi connectivity index (χ2n) is 11.5. The van der Waals surface area contributed by atoms with E-state index in [4.69, 9.17) is 28.2 Å². The molecule has 4 rings (SSSR count). The Balaban J connectivity index is 1.72. The highest BCUT2D eigenvalue weighted by Gasteiger charge is 2.62. The zero-order chi connectivity index (χ0) is 27.3. The fourth-order valence-electron chi connectivity index (χ4n) is 6.01. The molecule has 1 unspecified atom stereocenters. The molecule has 0 radical (unpaired) electrons. The van der Waals surface area contributed by atoms with E-state index < -0.39 is 47.5 Å². The number of rotatable bonds is 7. The largest absolute Gasteiger partial charge is 0.476 e. The number of aromatic nitrogens is 2. The Morgan fingerprint density at radius 2 is 1.62 bits per heavy atom. The van der Waals surface area contributed by atoms with Crippen molar-refractivity contribution >= 4 is 35.0 Å². The van der Waals surface area contributed by atoms with Crippen molar-refractivity contribution in [2.24, 2.45) is 4.99 Å². The van der Waals surface area contributed by atoms with E-state index in [0.29, 0.717) is 30.5 Å². The number of aliphatic hydroxyl groups is 1. The van der Waals surface area contributed by atoms with E-state index >= 15 is 0 Å². The van der Waals surface area contributed by atoms with E-state index in [0.717, 1.165) is 0 Å². The SMILES string of the molecule is CCOc1nc(N)nc2c1N=CC2[C@@H]1O[C@@H]2CO[Si](C(C)C)(C(C)C)O[Si](C(C)C)(C(C)C)O[C@H]2[C@H]1O. The minimum Gasteiger partial charge on any atom is -0.476 e. The molecule has 0 saturated carbocycles. The van der Waals surface area contributed by atoms with Crippen LogP contribution in [0, 0.1) is 0 Å². The molecule has 2 fully saturated rings. The van der Waals surface area contributed by atoms with Gasteiger partial charge in [0.1, 0.15) is 24.0 Å². The maximum Gasteiger partial charge on any atom is 0.335 e. The summed E-state index contributed by atoms with van der Waals surface area (Å²) in [5.74, 6) is 0.0180. The van der Waals surface area contributed by atoms with E-state index in [1.54, 1.807) is 6.21 Å². The Hall–Kier alpha value is -1.42. The molecule has 1 aromatic heterocycles. The number of hydrogen-bond acceptors (Lipinski definition) is 10. The van der Waals surface area contributed by atoms with Gasteiger partial charge in [-0.3, -0.25) is 4.99 Å². The van der Waals surface area contributed by atoms with Crippen LogP contribution < -0.4 is 10.5 Å². The highest BCUT2D eigenvalue weighted by atomic mass is 28.5. The van der Waals surface area contributed by atoms with Crippen molar-refractivity contribution < 1.29 is 27.5 Å². The van der Waals surface area contributed by atoms with Gasteiger partial charge in [0.05, 0.1) is 30.9 Å². The van der Waals surface area contributed by atoms with Crippen LogP contribution >= 0.6 is 0 Å². The first-order valence-electron chi connectivity index (χ1n) is 13.6. The Kier molecular flexibility index (Phi) is 8.21. The van der Waals surface area contributed by atoms with Crippen LogP contribution in [-0.4, -0.2) is 76.0 Å². The lowest BCUT2D eigenvalue weighted by molar-refractivity contribution is -0.0395. The minimum atomic E-state index is -2.88. The van der Waals surface area contributed by atoms with Crippen molar-refractivity contribution in [3.05, 3.63) is 5.69 Å². The number of nitrogen functional groups attached to an aromatic ring is 1. The van der Waals surface area contributed by atoms with Crippen LogP contribution in [0.1, 0.15) is 73.9 Å². The van der Waals surface area contributed by atoms with Gasteiger partial charge >= 0.3 is 17.1 Å². The molecule has 0 aliphatic carbocycles. The molecule has 5 atom stereocenters. The average Bonchev–Trinajstić information content (AvgIpc) is 3.34. The lowest BCUT2D eigenvalue weighted by atomic mass is 9.94. The first kappa shape index (κ1) is 28.6. The molecule has 2 saturated heterocycles. The van der Waals surface area contributed by atoms with Gasteiger partial charge in [0, 0.05) is 6.21 Å². The van der Waals surface area contributed by atoms with Crippen molar-refractivity contribution in [3.63, 3.8) is 0 Å². The van der Waals surface area contributed by atoms with Gasteiger partial charge in [-0.2, -0.15) is 4.98 Å². The van der Waals surface area contributed by atoms with Crippen LogP contribution in [0.3, 0.4) is 0 Å². The third kappa shape index (κ3) is 4.79. The molecule has 1 aromatic rings. The summed E-state index contributed by atoms with van der Waals surface area (Å²) in [4.78, 5) is 13.2. The first-order chi connectivity index (χ1) is 17.4. The topological polar surface area (TPSA) is 131 Å². The van der Waals surface area contributed by atoms with E-state index in [1.165, 1.54) is 0 Å². The molecule has 0 spiro atoms. The monoisotopic (exact) mass is 552 g/mol. The quantitative estimate of drug-likeness (QED) is 0.474. The molecule has 0 aromatic carbocycles. The van der Waals surface area contributed by atoms with Gasteiger partial charge in [-0.05, 0) is 29.1 Å². The Morgan fingerprint density at radius 1 is 1.00 bits per heavy atom. The van der Waals surface area contributed by atoms with Crippen LogP contribution in [0.2, 0.25) is 22.2 Å². The summed E-state index contributed by atoms with van der Waals surface area (Å²) in [6, 6.07) is 0. The number of anilines is 1. The average molecular weight is 553 g/mol. The molecular formula is C25H44N4O6Si2. The highest BCUT2D eigenvalue weighted by Crippen LogP contribution is 2.49. The summed E-state index contributed by atoms with van der Waals surface area (Å²) in [6.45, 7) is 20.0. The third-order valence-corrected chi connectivity index (χ3v) is 18.2. The molecule has 12 heteroatoms. The molecule has 3 aliphatic rings. The molecule has 208 valence electrons. The van der Waals surface area contributed by atoms with Crippen molar-refractivity contribution in [1.82, 2.24) is 9.97 Å². The van der Waals surface area contributed by atoms with Crippen molar-refractivity contribution in [2.75, 3.05) is 18.9 Å². The molecule has 3 N–H and O–H groups in total. The molecule has 0 bridgehead atoms. The van der Waals surface area contributed by atoms with E-state index in [-0.39, 0.29) is 28.1 Å². The molecule has 4 heterocycles. The van der Waals surface area contributed by atoms with Crippen LogP contribution in [0.4, 0.5) is 11.6 Å². The lowest BCUT2D eigenvalue weighted by Gasteiger charge is -2.51. The maximum absolute atomic E-state index is 11.7. The maximum atomic E-state index is 11.7.